The van der Waals surface area contributed by atoms with E-state index in [4.69, 9.17) is 0 Å². The number of carboxylic acid groups (broad SMARTS) is 1. The van der Waals surface area contributed by atoms with Gasteiger partial charge in [-0.25, -0.2) is 8.42 Å². The lowest BCUT2D eigenvalue weighted by Crippen LogP contribution is -2.54. The second kappa shape index (κ2) is 9.76. The lowest BCUT2D eigenvalue weighted by Gasteiger charge is -2.37. The molecule has 1 fully saturated rings. The number of sulfone groups is 1. The minimum absolute atomic E-state index is 0.0411. The predicted octanol–water partition coefficient (Wildman–Crippen LogP) is 3.99. The molecule has 1 N–H and O–H groups in total. The molecule has 0 spiro atoms. The molecule has 0 atom stereocenters. The molecule has 192 valence electrons. The highest BCUT2D eigenvalue weighted by molar-refractivity contribution is 7.93. The molecule has 1 aromatic carbocycles. The Morgan fingerprint density at radius 1 is 1.06 bits per heavy atom. The number of nitrogens with zero attached hydrogens (tertiary/aromatic N) is 3. The Labute approximate surface area is 198 Å². The normalized spacial score (nSPS) is 17.3. The Hall–Kier alpha value is -2.67. The lowest BCUT2D eigenvalue weighted by molar-refractivity contribution is -0.284. The Kier molecular flexibility index (Phi) is 7.51. The van der Waals surface area contributed by atoms with Crippen LogP contribution in [0.15, 0.2) is 41.6 Å². The Morgan fingerprint density at radius 3 is 2.11 bits per heavy atom. The number of halogens is 5. The van der Waals surface area contributed by atoms with Gasteiger partial charge in [0.2, 0.25) is 0 Å². The predicted molar refractivity (Wildman–Crippen MR) is 116 cm³/mol. The SMILES string of the molecule is CCN1CCC(C(=O)O)(S(=O)(=O)c2ccc(-c3cnc(CCC(F)(F)C(F)(F)F)cn3)cc2)CC1. The number of hydrogen-bond donors (Lipinski definition) is 1. The van der Waals surface area contributed by atoms with Crippen molar-refractivity contribution in [3.8, 4) is 11.3 Å². The first kappa shape index (κ1) is 26.9. The van der Waals surface area contributed by atoms with E-state index in [0.29, 0.717) is 25.2 Å². The summed E-state index contributed by atoms with van der Waals surface area (Å²) in [6, 6.07) is 5.35. The molecule has 13 heteroatoms. The van der Waals surface area contributed by atoms with E-state index in [1.807, 2.05) is 11.8 Å². The van der Waals surface area contributed by atoms with Crippen LogP contribution in [0.25, 0.3) is 11.3 Å². The number of likely N-dealkylation sites (tertiary alicyclic amines) is 1. The summed E-state index contributed by atoms with van der Waals surface area (Å²) in [5.41, 5.74) is 0.594. The number of alkyl halides is 5. The largest absolute Gasteiger partial charge is 0.480 e. The zero-order chi connectivity index (χ0) is 26.1. The van der Waals surface area contributed by atoms with E-state index in [2.05, 4.69) is 9.97 Å². The first-order valence-electron chi connectivity index (χ1n) is 10.8. The monoisotopic (exact) mass is 521 g/mol. The minimum Gasteiger partial charge on any atom is -0.480 e. The van der Waals surface area contributed by atoms with Crippen LogP contribution in [0.4, 0.5) is 22.0 Å². The molecule has 7 nitrogen and oxygen atoms in total. The molecule has 35 heavy (non-hydrogen) atoms. The summed E-state index contributed by atoms with van der Waals surface area (Å²) in [6.45, 7) is 3.29. The Bertz CT molecular complexity index is 1150. The molecule has 3 rings (SSSR count). The van der Waals surface area contributed by atoms with E-state index in [0.717, 1.165) is 6.20 Å². The van der Waals surface area contributed by atoms with E-state index >= 15 is 0 Å². The van der Waals surface area contributed by atoms with E-state index in [1.165, 1.54) is 30.5 Å². The molecule has 0 aliphatic carbocycles. The number of hydrogen-bond acceptors (Lipinski definition) is 6. The van der Waals surface area contributed by atoms with Crippen LogP contribution in [0, 0.1) is 0 Å². The second-order valence-electron chi connectivity index (χ2n) is 8.36. The number of carboxylic acids is 1. The Balaban J connectivity index is 1.77. The summed E-state index contributed by atoms with van der Waals surface area (Å²) in [6.07, 6.45) is -5.56. The maximum absolute atomic E-state index is 13.3. The van der Waals surface area contributed by atoms with Crippen molar-refractivity contribution in [2.45, 2.75) is 54.3 Å². The number of aromatic nitrogens is 2. The van der Waals surface area contributed by atoms with E-state index in [9.17, 15) is 40.3 Å². The average molecular weight is 522 g/mol. The average Bonchev–Trinajstić information content (AvgIpc) is 2.82. The van der Waals surface area contributed by atoms with Gasteiger partial charge in [-0.1, -0.05) is 19.1 Å². The molecule has 1 saturated heterocycles. The summed E-state index contributed by atoms with van der Waals surface area (Å²) in [4.78, 5) is 21.8. The fourth-order valence-corrected chi connectivity index (χ4v) is 5.81. The van der Waals surface area contributed by atoms with Crippen LogP contribution < -0.4 is 0 Å². The van der Waals surface area contributed by atoms with E-state index in [1.54, 1.807) is 0 Å². The standard InChI is InChI=1S/C22H24F5N3O4S/c1-2-30-11-9-20(10-12-30,19(31)32)35(33,34)17-5-3-15(4-6-17)18-14-28-16(13-29-18)7-8-21(23,24)22(25,26)27/h3-6,13-14H,2,7-12H2,1H3,(H,31,32). The molecular formula is C22H24F5N3O4S. The number of aliphatic carboxylic acids is 1. The third kappa shape index (κ3) is 5.30. The summed E-state index contributed by atoms with van der Waals surface area (Å²) in [5.74, 6) is -6.23. The van der Waals surface area contributed by atoms with Crippen LogP contribution in [0.5, 0.6) is 0 Å². The van der Waals surface area contributed by atoms with Gasteiger partial charge in [0.15, 0.2) is 14.6 Å². The van der Waals surface area contributed by atoms with Gasteiger partial charge in [0.25, 0.3) is 0 Å². The van der Waals surface area contributed by atoms with Crippen molar-refractivity contribution >= 4 is 15.8 Å². The highest BCUT2D eigenvalue weighted by Crippen LogP contribution is 2.39. The first-order valence-corrected chi connectivity index (χ1v) is 12.3. The molecule has 1 aliphatic heterocycles. The van der Waals surface area contributed by atoms with Crippen LogP contribution in [0.3, 0.4) is 0 Å². The van der Waals surface area contributed by atoms with Crippen molar-refractivity contribution in [3.05, 3.63) is 42.4 Å². The highest BCUT2D eigenvalue weighted by atomic mass is 32.2. The zero-order valence-electron chi connectivity index (χ0n) is 18.7. The molecule has 2 aromatic rings. The molecule has 1 aliphatic rings. The van der Waals surface area contributed by atoms with Gasteiger partial charge in [-0.05, 0) is 37.9 Å². The molecule has 0 amide bonds. The van der Waals surface area contributed by atoms with Crippen molar-refractivity contribution < 1.29 is 40.3 Å². The first-order chi connectivity index (χ1) is 16.2. The van der Waals surface area contributed by atoms with Gasteiger partial charge in [0, 0.05) is 31.3 Å². The number of benzene rings is 1. The van der Waals surface area contributed by atoms with Crippen molar-refractivity contribution in [1.82, 2.24) is 14.9 Å². The number of piperidine rings is 1. The third-order valence-corrected chi connectivity index (χ3v) is 8.80. The van der Waals surface area contributed by atoms with Crippen LogP contribution in [-0.4, -0.2) is 70.8 Å². The number of carbonyl (C=O) groups is 1. The fourth-order valence-electron chi connectivity index (χ4n) is 3.92. The van der Waals surface area contributed by atoms with E-state index < -0.39 is 45.5 Å². The third-order valence-electron chi connectivity index (χ3n) is 6.29. The number of rotatable bonds is 8. The highest BCUT2D eigenvalue weighted by Gasteiger charge is 2.56. The van der Waals surface area contributed by atoms with Gasteiger partial charge in [-0.3, -0.25) is 14.8 Å². The van der Waals surface area contributed by atoms with Gasteiger partial charge in [-0.15, -0.1) is 0 Å². The summed E-state index contributed by atoms with van der Waals surface area (Å²) in [5, 5.41) is 9.82. The zero-order valence-corrected chi connectivity index (χ0v) is 19.5. The maximum atomic E-state index is 13.3. The Morgan fingerprint density at radius 2 is 1.66 bits per heavy atom. The van der Waals surface area contributed by atoms with Crippen molar-refractivity contribution in [3.63, 3.8) is 0 Å². The minimum atomic E-state index is -5.64. The lowest BCUT2D eigenvalue weighted by atomic mass is 9.96. The topological polar surface area (TPSA) is 100 Å². The molecule has 0 saturated carbocycles. The second-order valence-corrected chi connectivity index (χ2v) is 10.6. The van der Waals surface area contributed by atoms with Gasteiger partial charge >= 0.3 is 18.1 Å². The van der Waals surface area contributed by atoms with Gasteiger partial charge in [0.05, 0.1) is 22.5 Å². The van der Waals surface area contributed by atoms with Crippen LogP contribution in [0.2, 0.25) is 0 Å². The quantitative estimate of drug-likeness (QED) is 0.525. The van der Waals surface area contributed by atoms with Gasteiger partial charge < -0.3 is 10.0 Å². The summed E-state index contributed by atoms with van der Waals surface area (Å²) < 4.78 is 87.7. The van der Waals surface area contributed by atoms with Crippen LogP contribution in [0.1, 0.15) is 31.9 Å². The van der Waals surface area contributed by atoms with Crippen molar-refractivity contribution in [1.29, 1.82) is 0 Å². The fraction of sp³-hybridized carbons (Fsp3) is 0.500. The maximum Gasteiger partial charge on any atom is 0.453 e. The molecular weight excluding hydrogens is 497 g/mol. The smallest absolute Gasteiger partial charge is 0.453 e. The summed E-state index contributed by atoms with van der Waals surface area (Å²) >= 11 is 0. The molecule has 1 aromatic heterocycles. The molecule has 2 heterocycles. The number of aryl methyl sites for hydroxylation is 1. The molecule has 0 radical (unpaired) electrons. The van der Waals surface area contributed by atoms with Crippen LogP contribution >= 0.6 is 0 Å². The molecule has 0 unspecified atom stereocenters. The van der Waals surface area contributed by atoms with Gasteiger partial charge in [-0.2, -0.15) is 22.0 Å². The summed E-state index contributed by atoms with van der Waals surface area (Å²) in [7, 11) is -4.22. The van der Waals surface area contributed by atoms with Crippen molar-refractivity contribution in [2.24, 2.45) is 0 Å². The molecule has 0 bridgehead atoms. The van der Waals surface area contributed by atoms with Crippen molar-refractivity contribution in [2.75, 3.05) is 19.6 Å². The van der Waals surface area contributed by atoms with E-state index in [-0.39, 0.29) is 29.1 Å². The van der Waals surface area contributed by atoms with Gasteiger partial charge in [0.1, 0.15) is 0 Å². The van der Waals surface area contributed by atoms with Crippen LogP contribution in [-0.2, 0) is 21.1 Å².